The van der Waals surface area contributed by atoms with Gasteiger partial charge in [0.2, 0.25) is 0 Å². The van der Waals surface area contributed by atoms with Gasteiger partial charge in [-0.2, -0.15) is 0 Å². The van der Waals surface area contributed by atoms with Crippen LogP contribution in [0.4, 0.5) is 5.82 Å². The summed E-state index contributed by atoms with van der Waals surface area (Å²) >= 11 is 4.89. The average Bonchev–Trinajstić information content (AvgIpc) is 2.61. The highest BCUT2D eigenvalue weighted by atomic mass is 79.9. The standard InChI is InChI=1S/C10H10BrN3OS/c1-14(2)10(15)5-3-13-9(12)7-6(11)4-16-8(5)7/h3-4H,1-2H3,(H2,12,13). The molecule has 6 heteroatoms. The van der Waals surface area contributed by atoms with Crippen LogP contribution in [-0.2, 0) is 0 Å². The number of carbonyl (C=O) groups is 1. The Morgan fingerprint density at radius 1 is 1.56 bits per heavy atom. The first-order chi connectivity index (χ1) is 7.52. The molecule has 0 aromatic carbocycles. The lowest BCUT2D eigenvalue weighted by Gasteiger charge is -2.10. The molecule has 0 bridgehead atoms. The van der Waals surface area contributed by atoms with Gasteiger partial charge in [0.25, 0.3) is 5.91 Å². The van der Waals surface area contributed by atoms with Gasteiger partial charge in [0, 0.05) is 35.5 Å². The minimum atomic E-state index is -0.0631. The fourth-order valence-corrected chi connectivity index (χ4v) is 3.18. The van der Waals surface area contributed by atoms with Gasteiger partial charge < -0.3 is 10.6 Å². The Kier molecular flexibility index (Phi) is 2.86. The van der Waals surface area contributed by atoms with Gasteiger partial charge in [-0.25, -0.2) is 4.98 Å². The molecule has 84 valence electrons. The molecule has 0 radical (unpaired) electrons. The normalized spacial score (nSPS) is 10.7. The van der Waals surface area contributed by atoms with E-state index in [1.54, 1.807) is 14.1 Å². The highest BCUT2D eigenvalue weighted by Crippen LogP contribution is 2.35. The van der Waals surface area contributed by atoms with Crippen LogP contribution in [0.5, 0.6) is 0 Å². The number of aromatic nitrogens is 1. The fourth-order valence-electron chi connectivity index (χ4n) is 1.42. The first kappa shape index (κ1) is 11.3. The summed E-state index contributed by atoms with van der Waals surface area (Å²) in [7, 11) is 3.43. The first-order valence-corrected chi connectivity index (χ1v) is 6.22. The molecule has 16 heavy (non-hydrogen) atoms. The maximum absolute atomic E-state index is 11.9. The van der Waals surface area contributed by atoms with Gasteiger partial charge in [-0.05, 0) is 15.9 Å². The number of nitrogens with zero attached hydrogens (tertiary/aromatic N) is 2. The number of pyridine rings is 1. The molecule has 0 saturated heterocycles. The highest BCUT2D eigenvalue weighted by Gasteiger charge is 2.17. The molecule has 2 N–H and O–H groups in total. The number of amides is 1. The molecule has 0 aliphatic carbocycles. The number of nitrogen functional groups attached to an aromatic ring is 1. The van der Waals surface area contributed by atoms with Gasteiger partial charge in [-0.15, -0.1) is 11.3 Å². The second kappa shape index (κ2) is 4.03. The zero-order chi connectivity index (χ0) is 11.9. The molecule has 2 aromatic heterocycles. The van der Waals surface area contributed by atoms with Gasteiger partial charge in [0.05, 0.1) is 10.3 Å². The third-order valence-electron chi connectivity index (χ3n) is 2.22. The molecule has 1 amide bonds. The minimum absolute atomic E-state index is 0.0631. The van der Waals surface area contributed by atoms with E-state index in [1.165, 1.54) is 22.4 Å². The monoisotopic (exact) mass is 299 g/mol. The Hall–Kier alpha value is -1.14. The number of halogens is 1. The number of rotatable bonds is 1. The van der Waals surface area contributed by atoms with Crippen molar-refractivity contribution in [3.8, 4) is 0 Å². The van der Waals surface area contributed by atoms with E-state index in [0.717, 1.165) is 14.6 Å². The predicted octanol–water partition coefficient (Wildman–Crippen LogP) is 2.34. The van der Waals surface area contributed by atoms with Crippen molar-refractivity contribution in [3.05, 3.63) is 21.6 Å². The van der Waals surface area contributed by atoms with E-state index in [9.17, 15) is 4.79 Å². The summed E-state index contributed by atoms with van der Waals surface area (Å²) in [5, 5.41) is 2.73. The molecule has 0 fully saturated rings. The maximum atomic E-state index is 11.9. The number of anilines is 1. The average molecular weight is 300 g/mol. The van der Waals surface area contributed by atoms with E-state index in [4.69, 9.17) is 5.73 Å². The van der Waals surface area contributed by atoms with Crippen molar-refractivity contribution in [1.82, 2.24) is 9.88 Å². The van der Waals surface area contributed by atoms with Crippen LogP contribution < -0.4 is 5.73 Å². The number of hydrogen-bond donors (Lipinski definition) is 1. The summed E-state index contributed by atoms with van der Waals surface area (Å²) < 4.78 is 1.75. The largest absolute Gasteiger partial charge is 0.383 e. The van der Waals surface area contributed by atoms with Crippen molar-refractivity contribution in [2.45, 2.75) is 0 Å². The van der Waals surface area contributed by atoms with Crippen molar-refractivity contribution in [3.63, 3.8) is 0 Å². The minimum Gasteiger partial charge on any atom is -0.383 e. The van der Waals surface area contributed by atoms with E-state index in [0.29, 0.717) is 11.4 Å². The highest BCUT2D eigenvalue weighted by molar-refractivity contribution is 9.10. The molecule has 2 rings (SSSR count). The Balaban J connectivity index is 2.73. The zero-order valence-corrected chi connectivity index (χ0v) is 11.2. The van der Waals surface area contributed by atoms with Gasteiger partial charge in [0.15, 0.2) is 0 Å². The van der Waals surface area contributed by atoms with Gasteiger partial charge in [-0.1, -0.05) is 0 Å². The molecule has 0 spiro atoms. The second-order valence-electron chi connectivity index (χ2n) is 3.54. The molecule has 2 heterocycles. The van der Waals surface area contributed by atoms with Crippen LogP contribution in [0, 0.1) is 0 Å². The molecular weight excluding hydrogens is 290 g/mol. The van der Waals surface area contributed by atoms with Crippen molar-refractivity contribution >= 4 is 49.1 Å². The molecule has 2 aromatic rings. The van der Waals surface area contributed by atoms with Gasteiger partial charge >= 0.3 is 0 Å². The molecular formula is C10H10BrN3OS. The number of thiophene rings is 1. The number of hydrogen-bond acceptors (Lipinski definition) is 4. The summed E-state index contributed by atoms with van der Waals surface area (Å²) in [5.41, 5.74) is 6.38. The molecule has 0 aliphatic heterocycles. The van der Waals surface area contributed by atoms with Crippen molar-refractivity contribution in [1.29, 1.82) is 0 Å². The summed E-state index contributed by atoms with van der Waals surface area (Å²) in [4.78, 5) is 17.5. The van der Waals surface area contributed by atoms with Gasteiger partial charge in [0.1, 0.15) is 5.82 Å². The summed E-state index contributed by atoms with van der Waals surface area (Å²) in [5.74, 6) is 0.380. The van der Waals surface area contributed by atoms with Crippen LogP contribution >= 0.6 is 27.3 Å². The van der Waals surface area contributed by atoms with E-state index in [-0.39, 0.29) is 5.91 Å². The number of carbonyl (C=O) groups excluding carboxylic acids is 1. The molecule has 4 nitrogen and oxygen atoms in total. The molecule has 0 aliphatic rings. The van der Waals surface area contributed by atoms with Crippen molar-refractivity contribution in [2.75, 3.05) is 19.8 Å². The molecule has 0 unspecified atom stereocenters. The van der Waals surface area contributed by atoms with Crippen LogP contribution in [-0.4, -0.2) is 29.9 Å². The Labute approximate surface area is 105 Å². The van der Waals surface area contributed by atoms with Crippen LogP contribution in [0.15, 0.2) is 16.0 Å². The lowest BCUT2D eigenvalue weighted by atomic mass is 10.2. The SMILES string of the molecule is CN(C)C(=O)c1cnc(N)c2c(Br)csc12. The third kappa shape index (κ3) is 1.68. The second-order valence-corrected chi connectivity index (χ2v) is 5.28. The predicted molar refractivity (Wildman–Crippen MR) is 69.7 cm³/mol. The lowest BCUT2D eigenvalue weighted by Crippen LogP contribution is -2.22. The van der Waals surface area contributed by atoms with E-state index < -0.39 is 0 Å². The van der Waals surface area contributed by atoms with Crippen molar-refractivity contribution in [2.24, 2.45) is 0 Å². The third-order valence-corrected chi connectivity index (χ3v) is 4.16. The quantitative estimate of drug-likeness (QED) is 0.879. The van der Waals surface area contributed by atoms with Crippen LogP contribution in [0.25, 0.3) is 10.1 Å². The smallest absolute Gasteiger partial charge is 0.256 e. The summed E-state index contributed by atoms with van der Waals surface area (Å²) in [6, 6.07) is 0. The van der Waals surface area contributed by atoms with Crippen LogP contribution in [0.3, 0.4) is 0 Å². The Morgan fingerprint density at radius 3 is 2.88 bits per heavy atom. The topological polar surface area (TPSA) is 59.2 Å². The van der Waals surface area contributed by atoms with E-state index >= 15 is 0 Å². The lowest BCUT2D eigenvalue weighted by molar-refractivity contribution is 0.0829. The maximum Gasteiger partial charge on any atom is 0.256 e. The number of fused-ring (bicyclic) bond motifs is 1. The number of nitrogens with two attached hydrogens (primary N) is 1. The summed E-state index contributed by atoms with van der Waals surface area (Å²) in [6.45, 7) is 0. The fraction of sp³-hybridized carbons (Fsp3) is 0.200. The van der Waals surface area contributed by atoms with Gasteiger partial charge in [-0.3, -0.25) is 4.79 Å². The Bertz CT molecular complexity index is 564. The van der Waals surface area contributed by atoms with Crippen LogP contribution in [0.2, 0.25) is 0 Å². The zero-order valence-electron chi connectivity index (χ0n) is 8.82. The summed E-state index contributed by atoms with van der Waals surface area (Å²) in [6.07, 6.45) is 1.53. The van der Waals surface area contributed by atoms with E-state index in [1.807, 2.05) is 5.38 Å². The van der Waals surface area contributed by atoms with Crippen molar-refractivity contribution < 1.29 is 4.79 Å². The van der Waals surface area contributed by atoms with E-state index in [2.05, 4.69) is 20.9 Å². The first-order valence-electron chi connectivity index (χ1n) is 4.55. The van der Waals surface area contributed by atoms with Crippen LogP contribution in [0.1, 0.15) is 10.4 Å². The Morgan fingerprint density at radius 2 is 2.25 bits per heavy atom. The molecule has 0 saturated carbocycles. The molecule has 0 atom stereocenters.